The summed E-state index contributed by atoms with van der Waals surface area (Å²) in [5, 5.41) is 0. The van der Waals surface area contributed by atoms with Crippen molar-refractivity contribution in [1.82, 2.24) is 8.97 Å². The van der Waals surface area contributed by atoms with Crippen molar-refractivity contribution in [3.8, 4) is 11.1 Å². The molecule has 0 atom stereocenters. The lowest BCUT2D eigenvalue weighted by Gasteiger charge is -1.98. The molecule has 2 nitrogen and oxygen atoms in total. The lowest BCUT2D eigenvalue weighted by atomic mass is 10.1. The largest absolute Gasteiger partial charge is 0.329 e. The number of aromatic nitrogens is 2. The number of fused-ring (bicyclic) bond motifs is 3. The van der Waals surface area contributed by atoms with Crippen LogP contribution < -0.4 is 0 Å². The number of halogens is 1. The fraction of sp³-hybridized carbons (Fsp3) is 0.0588. The van der Waals surface area contributed by atoms with E-state index in [1.807, 2.05) is 0 Å². The Bertz CT molecular complexity index is 913. The monoisotopic (exact) mass is 372 g/mol. The predicted octanol–water partition coefficient (Wildman–Crippen LogP) is 4.70. The molecular formula is C17H13IN2. The van der Waals surface area contributed by atoms with E-state index in [0.717, 1.165) is 0 Å². The highest BCUT2D eigenvalue weighted by molar-refractivity contribution is 14.1. The van der Waals surface area contributed by atoms with Crippen molar-refractivity contribution in [1.29, 1.82) is 0 Å². The smallest absolute Gasteiger partial charge is 0.118 e. The summed E-state index contributed by atoms with van der Waals surface area (Å²) in [7, 11) is 2.12. The number of benzene rings is 2. The molecule has 0 aliphatic rings. The Labute approximate surface area is 130 Å². The number of aryl methyl sites for hydroxylation is 1. The van der Waals surface area contributed by atoms with Crippen molar-refractivity contribution < 1.29 is 0 Å². The van der Waals surface area contributed by atoms with Crippen LogP contribution in [-0.4, -0.2) is 8.97 Å². The lowest BCUT2D eigenvalue weighted by molar-refractivity contribution is 0.994. The van der Waals surface area contributed by atoms with Gasteiger partial charge in [-0.2, -0.15) is 0 Å². The minimum Gasteiger partial charge on any atom is -0.329 e. The van der Waals surface area contributed by atoms with Gasteiger partial charge in [-0.05, 0) is 58.5 Å². The first kappa shape index (κ1) is 12.0. The van der Waals surface area contributed by atoms with E-state index < -0.39 is 0 Å². The van der Waals surface area contributed by atoms with Gasteiger partial charge in [-0.15, -0.1) is 0 Å². The van der Waals surface area contributed by atoms with Crippen molar-refractivity contribution in [3.63, 3.8) is 0 Å². The van der Waals surface area contributed by atoms with Gasteiger partial charge in [0.25, 0.3) is 0 Å². The summed E-state index contributed by atoms with van der Waals surface area (Å²) in [5.74, 6) is 0. The zero-order chi connectivity index (χ0) is 13.7. The highest BCUT2D eigenvalue weighted by atomic mass is 127. The van der Waals surface area contributed by atoms with Crippen LogP contribution >= 0.6 is 22.6 Å². The Morgan fingerprint density at radius 2 is 1.55 bits per heavy atom. The maximum absolute atomic E-state index is 2.34. The fourth-order valence-corrected chi connectivity index (χ4v) is 3.14. The van der Waals surface area contributed by atoms with Crippen LogP contribution in [0.15, 0.2) is 60.8 Å². The van der Waals surface area contributed by atoms with E-state index in [-0.39, 0.29) is 0 Å². The van der Waals surface area contributed by atoms with Gasteiger partial charge in [0, 0.05) is 22.4 Å². The van der Waals surface area contributed by atoms with Crippen LogP contribution in [0, 0.1) is 3.57 Å². The first-order valence-corrected chi connectivity index (χ1v) is 7.63. The highest BCUT2D eigenvalue weighted by Gasteiger charge is 2.10. The summed E-state index contributed by atoms with van der Waals surface area (Å²) in [5.41, 5.74) is 6.26. The summed E-state index contributed by atoms with van der Waals surface area (Å²) in [4.78, 5) is 0. The quantitative estimate of drug-likeness (QED) is 0.429. The molecule has 4 rings (SSSR count). The molecule has 0 spiro atoms. The standard InChI is InChI=1S/C17H13IN2/c1-19-15-4-2-3-5-16(15)20-11-13(10-17(19)20)12-6-8-14(18)9-7-12/h2-11H,1H3. The molecule has 2 aromatic heterocycles. The van der Waals surface area contributed by atoms with Crippen LogP contribution in [-0.2, 0) is 7.05 Å². The minimum atomic E-state index is 1.22. The third-order valence-electron chi connectivity index (χ3n) is 3.82. The van der Waals surface area contributed by atoms with Gasteiger partial charge < -0.3 is 8.97 Å². The van der Waals surface area contributed by atoms with Gasteiger partial charge >= 0.3 is 0 Å². The molecule has 0 aliphatic carbocycles. The third kappa shape index (κ3) is 1.69. The zero-order valence-electron chi connectivity index (χ0n) is 11.0. The molecule has 0 saturated heterocycles. The van der Waals surface area contributed by atoms with Gasteiger partial charge in [-0.1, -0.05) is 24.3 Å². The summed E-state index contributed by atoms with van der Waals surface area (Å²) >= 11 is 2.34. The van der Waals surface area contributed by atoms with Crippen molar-refractivity contribution in [2.24, 2.45) is 7.05 Å². The molecule has 3 heteroatoms. The Hall–Kier alpha value is -1.75. The van der Waals surface area contributed by atoms with Gasteiger partial charge in [-0.3, -0.25) is 0 Å². The second-order valence-corrected chi connectivity index (χ2v) is 6.26. The molecule has 0 N–H and O–H groups in total. The Morgan fingerprint density at radius 1 is 0.850 bits per heavy atom. The van der Waals surface area contributed by atoms with E-state index in [2.05, 4.69) is 99.4 Å². The molecule has 0 unspecified atom stereocenters. The van der Waals surface area contributed by atoms with Crippen LogP contribution in [0.4, 0.5) is 0 Å². The van der Waals surface area contributed by atoms with E-state index in [0.29, 0.717) is 0 Å². The van der Waals surface area contributed by atoms with E-state index in [4.69, 9.17) is 0 Å². The third-order valence-corrected chi connectivity index (χ3v) is 4.54. The summed E-state index contributed by atoms with van der Waals surface area (Å²) in [6, 6.07) is 19.4. The number of imidazole rings is 1. The van der Waals surface area contributed by atoms with Gasteiger partial charge in [0.15, 0.2) is 0 Å². The van der Waals surface area contributed by atoms with Crippen molar-refractivity contribution in [2.45, 2.75) is 0 Å². The van der Waals surface area contributed by atoms with E-state index in [9.17, 15) is 0 Å². The maximum Gasteiger partial charge on any atom is 0.118 e. The molecular weight excluding hydrogens is 359 g/mol. The van der Waals surface area contributed by atoms with Gasteiger partial charge in [-0.25, -0.2) is 0 Å². The number of hydrogen-bond donors (Lipinski definition) is 0. The SMILES string of the molecule is Cn1c2ccccc2n2cc(-c3ccc(I)cc3)cc12. The molecule has 2 heterocycles. The van der Waals surface area contributed by atoms with Crippen molar-refractivity contribution in [2.75, 3.05) is 0 Å². The number of para-hydroxylation sites is 2. The Kier molecular flexibility index (Phi) is 2.63. The molecule has 0 saturated carbocycles. The predicted molar refractivity (Wildman–Crippen MR) is 92.0 cm³/mol. The summed E-state index contributed by atoms with van der Waals surface area (Å²) in [6.07, 6.45) is 2.22. The van der Waals surface area contributed by atoms with Crippen molar-refractivity contribution in [3.05, 3.63) is 64.4 Å². The second kappa shape index (κ2) is 4.38. The minimum absolute atomic E-state index is 1.22. The molecule has 0 fully saturated rings. The summed E-state index contributed by atoms with van der Waals surface area (Å²) < 4.78 is 5.77. The first-order valence-electron chi connectivity index (χ1n) is 6.55. The van der Waals surface area contributed by atoms with Gasteiger partial charge in [0.05, 0.1) is 11.0 Å². The zero-order valence-corrected chi connectivity index (χ0v) is 13.2. The Morgan fingerprint density at radius 3 is 2.30 bits per heavy atom. The average Bonchev–Trinajstić information content (AvgIpc) is 3.01. The molecule has 0 radical (unpaired) electrons. The van der Waals surface area contributed by atoms with E-state index in [1.165, 1.54) is 31.4 Å². The normalized spacial score (nSPS) is 11.5. The van der Waals surface area contributed by atoms with E-state index >= 15 is 0 Å². The average molecular weight is 372 g/mol. The first-order chi connectivity index (χ1) is 9.74. The molecule has 0 bridgehead atoms. The van der Waals surface area contributed by atoms with Crippen LogP contribution in [0.3, 0.4) is 0 Å². The highest BCUT2D eigenvalue weighted by Crippen LogP contribution is 2.27. The number of nitrogens with zero attached hydrogens (tertiary/aromatic N) is 2. The maximum atomic E-state index is 2.34. The topological polar surface area (TPSA) is 9.34 Å². The lowest BCUT2D eigenvalue weighted by Crippen LogP contribution is -1.85. The molecule has 0 amide bonds. The molecule has 98 valence electrons. The van der Waals surface area contributed by atoms with Gasteiger partial charge in [0.1, 0.15) is 5.65 Å². The van der Waals surface area contributed by atoms with Gasteiger partial charge in [0.2, 0.25) is 0 Å². The van der Waals surface area contributed by atoms with Crippen LogP contribution in [0.25, 0.3) is 27.8 Å². The second-order valence-electron chi connectivity index (χ2n) is 5.01. The van der Waals surface area contributed by atoms with Crippen LogP contribution in [0.5, 0.6) is 0 Å². The molecule has 20 heavy (non-hydrogen) atoms. The molecule has 0 aliphatic heterocycles. The summed E-state index contributed by atoms with van der Waals surface area (Å²) in [6.45, 7) is 0. The van der Waals surface area contributed by atoms with Crippen LogP contribution in [0.1, 0.15) is 0 Å². The van der Waals surface area contributed by atoms with E-state index in [1.54, 1.807) is 0 Å². The Balaban J connectivity index is 1.99. The van der Waals surface area contributed by atoms with Crippen molar-refractivity contribution >= 4 is 39.3 Å². The number of rotatable bonds is 1. The molecule has 4 aromatic rings. The fourth-order valence-electron chi connectivity index (χ4n) is 2.78. The van der Waals surface area contributed by atoms with Crippen LogP contribution in [0.2, 0.25) is 0 Å². The number of hydrogen-bond acceptors (Lipinski definition) is 0. The molecule has 2 aromatic carbocycles.